The van der Waals surface area contributed by atoms with Crippen LogP contribution in [0.1, 0.15) is 6.92 Å². The van der Waals surface area contributed by atoms with Crippen molar-refractivity contribution in [1.82, 2.24) is 9.62 Å². The molecule has 0 aromatic heterocycles. The normalized spacial score (nSPS) is 17.3. The minimum atomic E-state index is -3.94. The molecule has 2 rings (SSSR count). The topological polar surface area (TPSA) is 75.7 Å². The largest absolute Gasteiger partial charge is 0.378 e. The Kier molecular flexibility index (Phi) is 5.68. The molecule has 9 heteroatoms. The smallest absolute Gasteiger partial charge is 0.242 e. The fraction of sp³-hybridized carbons (Fsp3) is 0.462. The summed E-state index contributed by atoms with van der Waals surface area (Å²) in [6.45, 7) is 3.29. The molecular weight excluding hydrogens is 351 g/mol. The van der Waals surface area contributed by atoms with Gasteiger partial charge in [-0.2, -0.15) is 4.72 Å². The SMILES string of the molecule is C[C@H](NS(=O)(=O)c1cc(Cl)ccc1Cl)C(=O)N1CCOCC1. The van der Waals surface area contributed by atoms with E-state index in [4.69, 9.17) is 27.9 Å². The Morgan fingerprint density at radius 1 is 1.32 bits per heavy atom. The van der Waals surface area contributed by atoms with Crippen LogP contribution in [0.4, 0.5) is 0 Å². The molecular formula is C13H16Cl2N2O4S. The second-order valence-corrected chi connectivity index (χ2v) is 7.38. The highest BCUT2D eigenvalue weighted by Crippen LogP contribution is 2.25. The second-order valence-electron chi connectivity index (χ2n) is 4.86. The van der Waals surface area contributed by atoms with Crippen molar-refractivity contribution >= 4 is 39.1 Å². The van der Waals surface area contributed by atoms with Crippen molar-refractivity contribution in [3.05, 3.63) is 28.2 Å². The van der Waals surface area contributed by atoms with Crippen molar-refractivity contribution in [2.75, 3.05) is 26.3 Å². The standard InChI is InChI=1S/C13H16Cl2N2O4S/c1-9(13(18)17-4-6-21-7-5-17)16-22(19,20)12-8-10(14)2-3-11(12)15/h2-3,8-9,16H,4-7H2,1H3/t9-/m0/s1. The maximum atomic E-state index is 12.4. The second kappa shape index (κ2) is 7.14. The predicted molar refractivity (Wildman–Crippen MR) is 83.6 cm³/mol. The highest BCUT2D eigenvalue weighted by molar-refractivity contribution is 7.89. The summed E-state index contributed by atoms with van der Waals surface area (Å²) in [7, 11) is -3.94. The summed E-state index contributed by atoms with van der Waals surface area (Å²) in [5.74, 6) is -0.301. The lowest BCUT2D eigenvalue weighted by Crippen LogP contribution is -2.50. The van der Waals surface area contributed by atoms with Gasteiger partial charge in [0.2, 0.25) is 15.9 Å². The van der Waals surface area contributed by atoms with Crippen LogP contribution < -0.4 is 4.72 Å². The minimum Gasteiger partial charge on any atom is -0.378 e. The summed E-state index contributed by atoms with van der Waals surface area (Å²) in [6, 6.07) is 3.23. The van der Waals surface area contributed by atoms with E-state index >= 15 is 0 Å². The van der Waals surface area contributed by atoms with Crippen LogP contribution in [0.3, 0.4) is 0 Å². The number of morpholine rings is 1. The quantitative estimate of drug-likeness (QED) is 0.876. The van der Waals surface area contributed by atoms with Gasteiger partial charge in [0.15, 0.2) is 0 Å². The van der Waals surface area contributed by atoms with Crippen molar-refractivity contribution in [2.24, 2.45) is 0 Å². The van der Waals surface area contributed by atoms with Crippen LogP contribution in [0.25, 0.3) is 0 Å². The Balaban J connectivity index is 2.13. The zero-order valence-electron chi connectivity index (χ0n) is 11.9. The third-order valence-corrected chi connectivity index (χ3v) is 5.47. The lowest BCUT2D eigenvalue weighted by molar-refractivity contribution is -0.136. The zero-order chi connectivity index (χ0) is 16.3. The first kappa shape index (κ1) is 17.5. The first-order valence-corrected chi connectivity index (χ1v) is 8.89. The molecule has 1 fully saturated rings. The molecule has 1 heterocycles. The van der Waals surface area contributed by atoms with Crippen LogP contribution in [0.2, 0.25) is 10.0 Å². The fourth-order valence-electron chi connectivity index (χ4n) is 2.09. The van der Waals surface area contributed by atoms with E-state index in [-0.39, 0.29) is 20.8 Å². The first-order valence-electron chi connectivity index (χ1n) is 6.65. The Bertz CT molecular complexity index is 660. The fourth-order valence-corrected chi connectivity index (χ4v) is 4.05. The number of nitrogens with one attached hydrogen (secondary N) is 1. The Morgan fingerprint density at radius 3 is 2.59 bits per heavy atom. The molecule has 0 saturated carbocycles. The van der Waals surface area contributed by atoms with Gasteiger partial charge < -0.3 is 9.64 Å². The molecule has 1 amide bonds. The minimum absolute atomic E-state index is 0.0444. The van der Waals surface area contributed by atoms with Gasteiger partial charge in [-0.25, -0.2) is 8.42 Å². The molecule has 1 atom stereocenters. The third-order valence-electron chi connectivity index (χ3n) is 3.21. The van der Waals surface area contributed by atoms with Gasteiger partial charge in [0.1, 0.15) is 4.90 Å². The molecule has 0 unspecified atom stereocenters. The summed E-state index contributed by atoms with van der Waals surface area (Å²) in [5.41, 5.74) is 0. The number of ether oxygens (including phenoxy) is 1. The summed E-state index contributed by atoms with van der Waals surface area (Å²) < 4.78 is 32.2. The maximum Gasteiger partial charge on any atom is 0.242 e. The predicted octanol–water partition coefficient (Wildman–Crippen LogP) is 1.52. The Morgan fingerprint density at radius 2 is 1.95 bits per heavy atom. The van der Waals surface area contributed by atoms with E-state index in [9.17, 15) is 13.2 Å². The molecule has 1 N–H and O–H groups in total. The molecule has 0 bridgehead atoms. The van der Waals surface area contributed by atoms with Crippen LogP contribution in [-0.4, -0.2) is 51.6 Å². The Hall–Kier alpha value is -0.860. The van der Waals surface area contributed by atoms with Crippen molar-refractivity contribution in [1.29, 1.82) is 0 Å². The number of carbonyl (C=O) groups is 1. The number of rotatable bonds is 4. The molecule has 6 nitrogen and oxygen atoms in total. The summed E-state index contributed by atoms with van der Waals surface area (Å²) in [6.07, 6.45) is 0. The van der Waals surface area contributed by atoms with Gasteiger partial charge in [-0.1, -0.05) is 23.2 Å². The monoisotopic (exact) mass is 366 g/mol. The highest BCUT2D eigenvalue weighted by Gasteiger charge is 2.28. The number of hydrogen-bond acceptors (Lipinski definition) is 4. The first-order chi connectivity index (χ1) is 10.3. The van der Waals surface area contributed by atoms with E-state index in [0.717, 1.165) is 0 Å². The molecule has 1 aliphatic rings. The van der Waals surface area contributed by atoms with Crippen LogP contribution in [0.5, 0.6) is 0 Å². The van der Waals surface area contributed by atoms with E-state index in [1.165, 1.54) is 25.1 Å². The number of halogens is 2. The molecule has 1 saturated heterocycles. The summed E-state index contributed by atoms with van der Waals surface area (Å²) in [4.78, 5) is 13.7. The summed E-state index contributed by atoms with van der Waals surface area (Å²) >= 11 is 11.7. The average Bonchev–Trinajstić information content (AvgIpc) is 2.49. The van der Waals surface area contributed by atoms with Gasteiger partial charge in [0.25, 0.3) is 0 Å². The summed E-state index contributed by atoms with van der Waals surface area (Å²) in [5, 5.41) is 0.292. The lowest BCUT2D eigenvalue weighted by atomic mass is 10.3. The van der Waals surface area contributed by atoms with Crippen LogP contribution in [0.15, 0.2) is 23.1 Å². The number of amides is 1. The Labute approximate surface area is 139 Å². The lowest BCUT2D eigenvalue weighted by Gasteiger charge is -2.29. The van der Waals surface area contributed by atoms with Gasteiger partial charge in [0.05, 0.1) is 24.3 Å². The number of sulfonamides is 1. The van der Waals surface area contributed by atoms with Gasteiger partial charge >= 0.3 is 0 Å². The molecule has 1 aromatic rings. The van der Waals surface area contributed by atoms with Crippen molar-refractivity contribution in [3.63, 3.8) is 0 Å². The number of hydrogen-bond donors (Lipinski definition) is 1. The molecule has 0 spiro atoms. The third kappa shape index (κ3) is 4.11. The van der Waals surface area contributed by atoms with E-state index in [1.807, 2.05) is 0 Å². The molecule has 22 heavy (non-hydrogen) atoms. The van der Waals surface area contributed by atoms with Crippen molar-refractivity contribution < 1.29 is 17.9 Å². The molecule has 1 aromatic carbocycles. The van der Waals surface area contributed by atoms with E-state index in [1.54, 1.807) is 4.90 Å². The van der Waals surface area contributed by atoms with Crippen molar-refractivity contribution in [3.8, 4) is 0 Å². The maximum absolute atomic E-state index is 12.4. The number of carbonyl (C=O) groups excluding carboxylic acids is 1. The number of benzene rings is 1. The van der Waals surface area contributed by atoms with E-state index in [2.05, 4.69) is 4.72 Å². The van der Waals surface area contributed by atoms with E-state index in [0.29, 0.717) is 26.3 Å². The van der Waals surface area contributed by atoms with Crippen molar-refractivity contribution in [2.45, 2.75) is 17.9 Å². The molecule has 0 radical (unpaired) electrons. The molecule has 122 valence electrons. The molecule has 0 aliphatic carbocycles. The van der Waals surface area contributed by atoms with Gasteiger partial charge in [-0.15, -0.1) is 0 Å². The van der Waals surface area contributed by atoms with Gasteiger partial charge in [0, 0.05) is 18.1 Å². The van der Waals surface area contributed by atoms with Crippen LogP contribution >= 0.6 is 23.2 Å². The molecule has 1 aliphatic heterocycles. The number of nitrogens with zero attached hydrogens (tertiary/aromatic N) is 1. The van der Waals surface area contributed by atoms with Gasteiger partial charge in [-0.3, -0.25) is 4.79 Å². The van der Waals surface area contributed by atoms with Crippen LogP contribution in [-0.2, 0) is 19.6 Å². The highest BCUT2D eigenvalue weighted by atomic mass is 35.5. The van der Waals surface area contributed by atoms with Gasteiger partial charge in [-0.05, 0) is 25.1 Å². The van der Waals surface area contributed by atoms with E-state index < -0.39 is 16.1 Å². The van der Waals surface area contributed by atoms with Crippen LogP contribution in [0, 0.1) is 0 Å². The zero-order valence-corrected chi connectivity index (χ0v) is 14.2. The average molecular weight is 367 g/mol.